The second kappa shape index (κ2) is 8.16. The third-order valence-corrected chi connectivity index (χ3v) is 5.34. The molecule has 2 aromatic carbocycles. The number of piperazine rings is 1. The highest BCUT2D eigenvalue weighted by Gasteiger charge is 2.23. The van der Waals surface area contributed by atoms with E-state index in [9.17, 15) is 9.18 Å². The Balaban J connectivity index is 1.37. The van der Waals surface area contributed by atoms with E-state index in [0.29, 0.717) is 25.2 Å². The summed E-state index contributed by atoms with van der Waals surface area (Å²) in [5.74, 6) is -0.0950. The molecule has 152 valence electrons. The number of aryl methyl sites for hydroxylation is 1. The zero-order valence-electron chi connectivity index (χ0n) is 16.6. The monoisotopic (exact) mass is 397 g/mol. The van der Waals surface area contributed by atoms with Gasteiger partial charge in [-0.15, -0.1) is 5.10 Å². The molecule has 1 saturated heterocycles. The standard InChI is InChI=1S/C21H24FN5O2/c1-3-27-19-6-5-16(13-18(19)23-24-27)21(28)26-10-8-25(9-11-26)14-15-4-7-20(29-2)17(22)12-15/h4-7,12-13H,3,8-11,14H2,1-2H3. The lowest BCUT2D eigenvalue weighted by molar-refractivity contribution is 0.0628. The Hall–Kier alpha value is -3.00. The van der Waals surface area contributed by atoms with Crippen molar-refractivity contribution >= 4 is 16.9 Å². The normalized spacial score (nSPS) is 15.1. The van der Waals surface area contributed by atoms with Gasteiger partial charge in [0.25, 0.3) is 5.91 Å². The number of nitrogens with zero attached hydrogens (tertiary/aromatic N) is 5. The quantitative estimate of drug-likeness (QED) is 0.662. The van der Waals surface area contributed by atoms with E-state index in [1.165, 1.54) is 13.2 Å². The summed E-state index contributed by atoms with van der Waals surface area (Å²) in [5.41, 5.74) is 3.19. The average Bonchev–Trinajstić information content (AvgIpc) is 3.16. The van der Waals surface area contributed by atoms with Gasteiger partial charge in [0.05, 0.1) is 12.6 Å². The summed E-state index contributed by atoms with van der Waals surface area (Å²) in [6.07, 6.45) is 0. The Labute approximate surface area is 168 Å². The number of amides is 1. The molecule has 0 aliphatic carbocycles. The molecule has 0 atom stereocenters. The summed E-state index contributed by atoms with van der Waals surface area (Å²) < 4.78 is 20.7. The smallest absolute Gasteiger partial charge is 0.254 e. The summed E-state index contributed by atoms with van der Waals surface area (Å²) in [7, 11) is 1.46. The van der Waals surface area contributed by atoms with E-state index in [0.717, 1.165) is 36.2 Å². The lowest BCUT2D eigenvalue weighted by Gasteiger charge is -2.34. The molecule has 1 fully saturated rings. The maximum atomic E-state index is 13.9. The SMILES string of the molecule is CCn1nnc2cc(C(=O)N3CCN(Cc4ccc(OC)c(F)c4)CC3)ccc21. The first-order chi connectivity index (χ1) is 14.1. The van der Waals surface area contributed by atoms with Gasteiger partial charge in [-0.3, -0.25) is 9.69 Å². The Morgan fingerprint density at radius 1 is 1.14 bits per heavy atom. The lowest BCUT2D eigenvalue weighted by atomic mass is 10.1. The minimum atomic E-state index is -0.353. The fourth-order valence-electron chi connectivity index (χ4n) is 3.70. The first-order valence-electron chi connectivity index (χ1n) is 9.76. The molecule has 1 aromatic heterocycles. The van der Waals surface area contributed by atoms with Gasteiger partial charge in [0.2, 0.25) is 0 Å². The highest BCUT2D eigenvalue weighted by molar-refractivity contribution is 5.97. The van der Waals surface area contributed by atoms with Crippen LogP contribution in [0.25, 0.3) is 11.0 Å². The third-order valence-electron chi connectivity index (χ3n) is 5.34. The number of halogens is 1. The molecule has 29 heavy (non-hydrogen) atoms. The van der Waals surface area contributed by atoms with Crippen molar-refractivity contribution in [1.82, 2.24) is 24.8 Å². The number of hydrogen-bond acceptors (Lipinski definition) is 5. The molecule has 0 unspecified atom stereocenters. The van der Waals surface area contributed by atoms with Crippen LogP contribution in [0.1, 0.15) is 22.8 Å². The van der Waals surface area contributed by atoms with Gasteiger partial charge >= 0.3 is 0 Å². The van der Waals surface area contributed by atoms with Crippen LogP contribution in [0, 0.1) is 5.82 Å². The number of fused-ring (bicyclic) bond motifs is 1. The van der Waals surface area contributed by atoms with Gasteiger partial charge in [0.1, 0.15) is 5.52 Å². The van der Waals surface area contributed by atoms with Crippen molar-refractivity contribution in [1.29, 1.82) is 0 Å². The summed E-state index contributed by atoms with van der Waals surface area (Å²) in [6, 6.07) is 10.6. The van der Waals surface area contributed by atoms with Crippen molar-refractivity contribution in [3.05, 3.63) is 53.3 Å². The van der Waals surface area contributed by atoms with Gasteiger partial charge in [-0.2, -0.15) is 0 Å². The first kappa shape index (κ1) is 19.3. The van der Waals surface area contributed by atoms with E-state index < -0.39 is 0 Å². The predicted molar refractivity (Wildman–Crippen MR) is 107 cm³/mol. The van der Waals surface area contributed by atoms with Crippen molar-refractivity contribution in [3.8, 4) is 5.75 Å². The molecule has 1 aliphatic heterocycles. The molecule has 7 nitrogen and oxygen atoms in total. The highest BCUT2D eigenvalue weighted by Crippen LogP contribution is 2.20. The number of methoxy groups -OCH3 is 1. The molecule has 8 heteroatoms. The maximum absolute atomic E-state index is 13.9. The number of carbonyl (C=O) groups is 1. The molecule has 2 heterocycles. The van der Waals surface area contributed by atoms with Crippen molar-refractivity contribution < 1.29 is 13.9 Å². The number of aromatic nitrogens is 3. The molecule has 0 radical (unpaired) electrons. The molecule has 0 bridgehead atoms. The highest BCUT2D eigenvalue weighted by atomic mass is 19.1. The van der Waals surface area contributed by atoms with Gasteiger partial charge in [-0.25, -0.2) is 9.07 Å². The van der Waals surface area contributed by atoms with Gasteiger partial charge in [0, 0.05) is 44.8 Å². The molecule has 4 rings (SSSR count). The summed E-state index contributed by atoms with van der Waals surface area (Å²) >= 11 is 0. The molecule has 0 spiro atoms. The molecular formula is C21H24FN5O2. The largest absolute Gasteiger partial charge is 0.494 e. The van der Waals surface area contributed by atoms with Crippen LogP contribution in [0.3, 0.4) is 0 Å². The second-order valence-corrected chi connectivity index (χ2v) is 7.15. The summed E-state index contributed by atoms with van der Waals surface area (Å²) in [5, 5.41) is 8.24. The Morgan fingerprint density at radius 2 is 1.93 bits per heavy atom. The number of ether oxygens (including phenoxy) is 1. The van der Waals surface area contributed by atoms with Crippen LogP contribution < -0.4 is 4.74 Å². The molecule has 0 saturated carbocycles. The van der Waals surface area contributed by atoms with E-state index in [4.69, 9.17) is 4.74 Å². The average molecular weight is 397 g/mol. The number of hydrogen-bond donors (Lipinski definition) is 0. The van der Waals surface area contributed by atoms with E-state index in [-0.39, 0.29) is 17.5 Å². The first-order valence-corrected chi connectivity index (χ1v) is 9.76. The van der Waals surface area contributed by atoms with Crippen LogP contribution in [0.2, 0.25) is 0 Å². The van der Waals surface area contributed by atoms with Gasteiger partial charge in [0.15, 0.2) is 11.6 Å². The minimum absolute atomic E-state index is 0.00749. The fraction of sp³-hybridized carbons (Fsp3) is 0.381. The Bertz CT molecular complexity index is 1030. The summed E-state index contributed by atoms with van der Waals surface area (Å²) in [4.78, 5) is 17.0. The molecule has 3 aromatic rings. The van der Waals surface area contributed by atoms with E-state index in [1.807, 2.05) is 40.8 Å². The molecule has 1 aliphatic rings. The number of carbonyl (C=O) groups excluding carboxylic acids is 1. The van der Waals surface area contributed by atoms with E-state index >= 15 is 0 Å². The third kappa shape index (κ3) is 3.93. The lowest BCUT2D eigenvalue weighted by Crippen LogP contribution is -2.48. The number of benzene rings is 2. The molecular weight excluding hydrogens is 373 g/mol. The molecule has 0 N–H and O–H groups in total. The number of rotatable bonds is 5. The van der Waals surface area contributed by atoms with Crippen molar-refractivity contribution in [2.24, 2.45) is 0 Å². The topological polar surface area (TPSA) is 63.5 Å². The van der Waals surface area contributed by atoms with Crippen LogP contribution in [0.4, 0.5) is 4.39 Å². The van der Waals surface area contributed by atoms with Crippen LogP contribution in [0.15, 0.2) is 36.4 Å². The van der Waals surface area contributed by atoms with Gasteiger partial charge in [-0.05, 0) is 42.8 Å². The summed E-state index contributed by atoms with van der Waals surface area (Å²) in [6.45, 7) is 6.15. The molecule has 1 amide bonds. The second-order valence-electron chi connectivity index (χ2n) is 7.15. The zero-order chi connectivity index (χ0) is 20.4. The van der Waals surface area contributed by atoms with E-state index in [1.54, 1.807) is 6.07 Å². The zero-order valence-corrected chi connectivity index (χ0v) is 16.6. The van der Waals surface area contributed by atoms with Crippen LogP contribution in [-0.2, 0) is 13.1 Å². The Kier molecular flexibility index (Phi) is 5.44. The Morgan fingerprint density at radius 3 is 2.62 bits per heavy atom. The van der Waals surface area contributed by atoms with Crippen molar-refractivity contribution in [3.63, 3.8) is 0 Å². The van der Waals surface area contributed by atoms with Crippen molar-refractivity contribution in [2.45, 2.75) is 20.0 Å². The maximum Gasteiger partial charge on any atom is 0.254 e. The van der Waals surface area contributed by atoms with Crippen LogP contribution in [0.5, 0.6) is 5.75 Å². The van der Waals surface area contributed by atoms with Crippen LogP contribution in [-0.4, -0.2) is 64.0 Å². The van der Waals surface area contributed by atoms with Crippen LogP contribution >= 0.6 is 0 Å². The predicted octanol–water partition coefficient (Wildman–Crippen LogP) is 2.56. The van der Waals surface area contributed by atoms with E-state index in [2.05, 4.69) is 15.2 Å². The van der Waals surface area contributed by atoms with Crippen molar-refractivity contribution in [2.75, 3.05) is 33.3 Å². The van der Waals surface area contributed by atoms with Gasteiger partial charge < -0.3 is 9.64 Å². The van der Waals surface area contributed by atoms with Gasteiger partial charge in [-0.1, -0.05) is 11.3 Å². The minimum Gasteiger partial charge on any atom is -0.494 e. The fourth-order valence-corrected chi connectivity index (χ4v) is 3.70.